The zero-order valence-electron chi connectivity index (χ0n) is 12.5. The first-order valence-electron chi connectivity index (χ1n) is 7.22. The Morgan fingerprint density at radius 1 is 1.22 bits per heavy atom. The predicted octanol–water partition coefficient (Wildman–Crippen LogP) is 1.76. The van der Waals surface area contributed by atoms with E-state index in [9.17, 15) is 0 Å². The molecule has 1 fully saturated rings. The van der Waals surface area contributed by atoms with Gasteiger partial charge in [-0.1, -0.05) is 26.7 Å². The third-order valence-electron chi connectivity index (χ3n) is 3.37. The minimum Gasteiger partial charge on any atom is -0.370 e. The van der Waals surface area contributed by atoms with Crippen LogP contribution in [0.1, 0.15) is 39.5 Å². The van der Waals surface area contributed by atoms with E-state index in [2.05, 4.69) is 37.7 Å². The Morgan fingerprint density at radius 3 is 2.33 bits per heavy atom. The Kier molecular flexibility index (Phi) is 6.47. The topological polar surface area (TPSA) is 44.9 Å². The van der Waals surface area contributed by atoms with E-state index in [1.165, 1.54) is 25.7 Å². The molecular formula is C14H30N4. The minimum absolute atomic E-state index is 0.471. The van der Waals surface area contributed by atoms with Crippen LogP contribution in [0.3, 0.4) is 0 Å². The third-order valence-corrected chi connectivity index (χ3v) is 3.37. The predicted molar refractivity (Wildman–Crippen MR) is 78.8 cm³/mol. The van der Waals surface area contributed by atoms with Gasteiger partial charge in [0.1, 0.15) is 0 Å². The van der Waals surface area contributed by atoms with Gasteiger partial charge in [-0.15, -0.1) is 0 Å². The molecule has 0 aromatic rings. The molecule has 1 aliphatic carbocycles. The fourth-order valence-corrected chi connectivity index (χ4v) is 2.36. The fourth-order valence-electron chi connectivity index (χ4n) is 2.36. The average molecular weight is 254 g/mol. The number of hydrogen-bond donors (Lipinski definition) is 1. The van der Waals surface area contributed by atoms with Gasteiger partial charge >= 0.3 is 0 Å². The van der Waals surface area contributed by atoms with Crippen molar-refractivity contribution in [1.29, 1.82) is 0 Å². The van der Waals surface area contributed by atoms with Crippen LogP contribution in [-0.2, 0) is 0 Å². The molecule has 1 saturated carbocycles. The molecule has 0 aliphatic heterocycles. The van der Waals surface area contributed by atoms with Crippen LogP contribution in [0.4, 0.5) is 0 Å². The molecule has 0 amide bonds. The fraction of sp³-hybridized carbons (Fsp3) is 0.929. The van der Waals surface area contributed by atoms with Crippen molar-refractivity contribution in [3.05, 3.63) is 0 Å². The van der Waals surface area contributed by atoms with Crippen LogP contribution in [0.2, 0.25) is 0 Å². The van der Waals surface area contributed by atoms with Crippen LogP contribution < -0.4 is 5.73 Å². The summed E-state index contributed by atoms with van der Waals surface area (Å²) in [5.74, 6) is 1.36. The van der Waals surface area contributed by atoms with Crippen LogP contribution in [0, 0.1) is 5.92 Å². The van der Waals surface area contributed by atoms with Crippen molar-refractivity contribution in [3.8, 4) is 0 Å². The molecule has 0 bridgehead atoms. The van der Waals surface area contributed by atoms with Crippen LogP contribution in [0.25, 0.3) is 0 Å². The first-order valence-corrected chi connectivity index (χ1v) is 7.22. The van der Waals surface area contributed by atoms with E-state index in [1.807, 2.05) is 0 Å². The molecular weight excluding hydrogens is 224 g/mol. The number of rotatable bonds is 6. The highest BCUT2D eigenvalue weighted by atomic mass is 15.3. The van der Waals surface area contributed by atoms with Crippen molar-refractivity contribution in [3.63, 3.8) is 0 Å². The summed E-state index contributed by atoms with van der Waals surface area (Å²) in [5, 5.41) is 0. The van der Waals surface area contributed by atoms with Crippen LogP contribution in [0.5, 0.6) is 0 Å². The summed E-state index contributed by atoms with van der Waals surface area (Å²) in [5.41, 5.74) is 6.19. The number of guanidine groups is 1. The normalized spacial score (nSPS) is 18.0. The largest absolute Gasteiger partial charge is 0.370 e. The quantitative estimate of drug-likeness (QED) is 0.580. The zero-order valence-corrected chi connectivity index (χ0v) is 12.5. The molecule has 0 spiro atoms. The number of nitrogens with zero attached hydrogens (tertiary/aromatic N) is 3. The molecule has 2 N–H and O–H groups in total. The van der Waals surface area contributed by atoms with E-state index in [0.29, 0.717) is 12.0 Å². The molecule has 0 aromatic heterocycles. The lowest BCUT2D eigenvalue weighted by Crippen LogP contribution is -2.43. The Morgan fingerprint density at radius 2 is 1.83 bits per heavy atom. The number of likely N-dealkylation sites (N-methyl/N-ethyl adjacent to an activating group) is 1. The summed E-state index contributed by atoms with van der Waals surface area (Å²) in [4.78, 5) is 9.14. The van der Waals surface area contributed by atoms with Crippen LogP contribution in [0.15, 0.2) is 4.99 Å². The molecule has 18 heavy (non-hydrogen) atoms. The van der Waals surface area contributed by atoms with E-state index < -0.39 is 0 Å². The maximum atomic E-state index is 6.19. The molecule has 4 heteroatoms. The van der Waals surface area contributed by atoms with Crippen LogP contribution in [-0.4, -0.2) is 55.5 Å². The Bertz CT molecular complexity index is 255. The second-order valence-corrected chi connectivity index (χ2v) is 6.07. The highest BCUT2D eigenvalue weighted by Gasteiger charge is 2.16. The van der Waals surface area contributed by atoms with Gasteiger partial charge in [0.15, 0.2) is 5.96 Å². The smallest absolute Gasteiger partial charge is 0.191 e. The second-order valence-electron chi connectivity index (χ2n) is 6.07. The molecule has 0 unspecified atom stereocenters. The van der Waals surface area contributed by atoms with Gasteiger partial charge in [-0.25, -0.2) is 4.99 Å². The lowest BCUT2D eigenvalue weighted by Gasteiger charge is -2.27. The van der Waals surface area contributed by atoms with Crippen molar-refractivity contribution < 1.29 is 0 Å². The molecule has 0 atom stereocenters. The summed E-state index contributed by atoms with van der Waals surface area (Å²) in [6.45, 7) is 7.44. The highest BCUT2D eigenvalue weighted by Crippen LogP contribution is 2.21. The van der Waals surface area contributed by atoms with Gasteiger partial charge in [0, 0.05) is 19.6 Å². The van der Waals surface area contributed by atoms with Crippen molar-refractivity contribution in [2.45, 2.75) is 45.6 Å². The summed E-state index contributed by atoms with van der Waals surface area (Å²) in [6, 6.07) is 0.471. The summed E-state index contributed by atoms with van der Waals surface area (Å²) >= 11 is 0. The van der Waals surface area contributed by atoms with Gasteiger partial charge in [-0.3, -0.25) is 0 Å². The maximum absolute atomic E-state index is 6.19. The van der Waals surface area contributed by atoms with E-state index in [-0.39, 0.29) is 0 Å². The molecule has 106 valence electrons. The Labute approximate surface area is 112 Å². The molecule has 0 aromatic carbocycles. The molecule has 0 radical (unpaired) electrons. The maximum Gasteiger partial charge on any atom is 0.191 e. The van der Waals surface area contributed by atoms with Gasteiger partial charge in [-0.2, -0.15) is 0 Å². The van der Waals surface area contributed by atoms with Gasteiger partial charge in [-0.05, 0) is 32.9 Å². The van der Waals surface area contributed by atoms with Crippen molar-refractivity contribution >= 4 is 5.96 Å². The monoisotopic (exact) mass is 254 g/mol. The average Bonchev–Trinajstić information content (AvgIpc) is 2.76. The van der Waals surface area contributed by atoms with E-state index >= 15 is 0 Å². The number of hydrogen-bond acceptors (Lipinski definition) is 2. The first-order chi connectivity index (χ1) is 8.49. The highest BCUT2D eigenvalue weighted by molar-refractivity contribution is 5.78. The number of nitrogens with two attached hydrogens (primary N) is 1. The second kappa shape index (κ2) is 7.62. The Balaban J connectivity index is 2.55. The van der Waals surface area contributed by atoms with Crippen molar-refractivity contribution in [2.75, 3.05) is 33.7 Å². The number of aliphatic imine (C=N–C) groups is 1. The van der Waals surface area contributed by atoms with E-state index in [0.717, 1.165) is 25.6 Å². The van der Waals surface area contributed by atoms with E-state index in [1.54, 1.807) is 0 Å². The van der Waals surface area contributed by atoms with Gasteiger partial charge in [0.2, 0.25) is 0 Å². The lowest BCUT2D eigenvalue weighted by molar-refractivity contribution is 0.304. The molecule has 0 heterocycles. The standard InChI is InChI=1S/C14H30N4/c1-12(2)11-18(10-9-17(3)4)14(15)16-13-7-5-6-8-13/h12-13H,5-11H2,1-4H3,(H2,15,16). The summed E-state index contributed by atoms with van der Waals surface area (Å²) < 4.78 is 0. The van der Waals surface area contributed by atoms with E-state index in [4.69, 9.17) is 10.7 Å². The van der Waals surface area contributed by atoms with Gasteiger partial charge in [0.05, 0.1) is 6.04 Å². The summed E-state index contributed by atoms with van der Waals surface area (Å²) in [6.07, 6.45) is 5.04. The summed E-state index contributed by atoms with van der Waals surface area (Å²) in [7, 11) is 4.19. The third kappa shape index (κ3) is 5.71. The molecule has 1 aliphatic rings. The molecule has 0 saturated heterocycles. The Hall–Kier alpha value is -0.770. The van der Waals surface area contributed by atoms with Gasteiger partial charge < -0.3 is 15.5 Å². The van der Waals surface area contributed by atoms with Gasteiger partial charge in [0.25, 0.3) is 0 Å². The zero-order chi connectivity index (χ0) is 13.5. The van der Waals surface area contributed by atoms with Crippen LogP contribution >= 0.6 is 0 Å². The molecule has 4 nitrogen and oxygen atoms in total. The molecule has 1 rings (SSSR count). The lowest BCUT2D eigenvalue weighted by atomic mass is 10.2. The first kappa shape index (κ1) is 15.3. The SMILES string of the molecule is CC(C)CN(CCN(C)C)C(N)=NC1CCCC1. The van der Waals surface area contributed by atoms with Crippen molar-refractivity contribution in [1.82, 2.24) is 9.80 Å². The minimum atomic E-state index is 0.471. The van der Waals surface area contributed by atoms with Crippen molar-refractivity contribution in [2.24, 2.45) is 16.6 Å².